The third-order valence-corrected chi connectivity index (χ3v) is 4.39. The molecule has 1 amide bonds. The van der Waals surface area contributed by atoms with Crippen LogP contribution in [-0.4, -0.2) is 12.0 Å². The van der Waals surface area contributed by atoms with Gasteiger partial charge in [-0.15, -0.1) is 0 Å². The minimum Gasteiger partial charge on any atom is -0.489 e. The summed E-state index contributed by atoms with van der Waals surface area (Å²) >= 11 is 0. The van der Waals surface area contributed by atoms with Crippen molar-refractivity contribution in [2.45, 2.75) is 33.5 Å². The van der Waals surface area contributed by atoms with Crippen LogP contribution in [0.4, 0.5) is 5.69 Å². The third kappa shape index (κ3) is 5.36. The Morgan fingerprint density at radius 2 is 1.68 bits per heavy atom. The van der Waals surface area contributed by atoms with Crippen molar-refractivity contribution in [3.8, 4) is 11.5 Å². The van der Waals surface area contributed by atoms with Gasteiger partial charge in [0.25, 0.3) is 5.91 Å². The van der Waals surface area contributed by atoms with Crippen LogP contribution in [0.2, 0.25) is 0 Å². The van der Waals surface area contributed by atoms with Crippen molar-refractivity contribution in [3.05, 3.63) is 89.5 Å². The van der Waals surface area contributed by atoms with Crippen molar-refractivity contribution in [1.82, 2.24) is 0 Å². The van der Waals surface area contributed by atoms with Crippen molar-refractivity contribution >= 4 is 11.6 Å². The van der Waals surface area contributed by atoms with Crippen molar-refractivity contribution < 1.29 is 14.3 Å². The molecular formula is C24H25NO3. The molecule has 0 spiro atoms. The number of benzene rings is 3. The van der Waals surface area contributed by atoms with Crippen molar-refractivity contribution in [2.75, 3.05) is 5.32 Å². The normalized spacial score (nSPS) is 11.5. The lowest BCUT2D eigenvalue weighted by atomic mass is 10.1. The summed E-state index contributed by atoms with van der Waals surface area (Å²) in [6.07, 6.45) is -0.602. The maximum atomic E-state index is 12.4. The molecule has 3 aromatic rings. The summed E-state index contributed by atoms with van der Waals surface area (Å²) in [5.74, 6) is 1.28. The van der Waals surface area contributed by atoms with Crippen LogP contribution >= 0.6 is 0 Å². The monoisotopic (exact) mass is 375 g/mol. The average molecular weight is 375 g/mol. The van der Waals surface area contributed by atoms with Crippen molar-refractivity contribution in [1.29, 1.82) is 0 Å². The molecular weight excluding hydrogens is 350 g/mol. The Morgan fingerprint density at radius 3 is 2.39 bits per heavy atom. The second kappa shape index (κ2) is 9.09. The summed E-state index contributed by atoms with van der Waals surface area (Å²) in [5.41, 5.74) is 3.91. The molecule has 144 valence electrons. The van der Waals surface area contributed by atoms with Gasteiger partial charge >= 0.3 is 0 Å². The highest BCUT2D eigenvalue weighted by atomic mass is 16.5. The zero-order valence-corrected chi connectivity index (χ0v) is 16.4. The second-order valence-corrected chi connectivity index (χ2v) is 6.82. The zero-order valence-electron chi connectivity index (χ0n) is 16.4. The van der Waals surface area contributed by atoms with E-state index in [2.05, 4.69) is 5.32 Å². The Kier molecular flexibility index (Phi) is 6.33. The summed E-state index contributed by atoms with van der Waals surface area (Å²) in [4.78, 5) is 12.4. The molecule has 0 aromatic heterocycles. The lowest BCUT2D eigenvalue weighted by Gasteiger charge is -2.17. The number of hydrogen-bond donors (Lipinski definition) is 1. The number of rotatable bonds is 7. The molecule has 0 aliphatic carbocycles. The van der Waals surface area contributed by atoms with E-state index in [-0.39, 0.29) is 5.91 Å². The summed E-state index contributed by atoms with van der Waals surface area (Å²) in [6.45, 7) is 6.22. The van der Waals surface area contributed by atoms with Crippen LogP contribution < -0.4 is 14.8 Å². The van der Waals surface area contributed by atoms with Crippen LogP contribution in [0, 0.1) is 13.8 Å². The van der Waals surface area contributed by atoms with E-state index in [1.54, 1.807) is 6.92 Å². The van der Waals surface area contributed by atoms with Crippen LogP contribution in [-0.2, 0) is 11.4 Å². The van der Waals surface area contributed by atoms with Crippen LogP contribution in [0.1, 0.15) is 23.6 Å². The third-order valence-electron chi connectivity index (χ3n) is 4.39. The quantitative estimate of drug-likeness (QED) is 0.610. The molecule has 1 N–H and O–H groups in total. The first-order chi connectivity index (χ1) is 13.5. The van der Waals surface area contributed by atoms with Crippen LogP contribution in [0.15, 0.2) is 72.8 Å². The number of aryl methyl sites for hydroxylation is 2. The lowest BCUT2D eigenvalue weighted by Crippen LogP contribution is -2.30. The molecule has 28 heavy (non-hydrogen) atoms. The zero-order chi connectivity index (χ0) is 19.9. The number of anilines is 1. The highest BCUT2D eigenvalue weighted by molar-refractivity contribution is 5.94. The molecule has 0 fully saturated rings. The summed E-state index contributed by atoms with van der Waals surface area (Å²) in [6, 6.07) is 23.3. The Hall–Kier alpha value is -3.27. The maximum Gasteiger partial charge on any atom is 0.265 e. The van der Waals surface area contributed by atoms with Crippen LogP contribution in [0.5, 0.6) is 11.5 Å². The van der Waals surface area contributed by atoms with E-state index < -0.39 is 6.10 Å². The minimum atomic E-state index is -0.602. The van der Waals surface area contributed by atoms with Crippen molar-refractivity contribution in [3.63, 3.8) is 0 Å². The molecule has 0 heterocycles. The van der Waals surface area contributed by atoms with E-state index in [0.29, 0.717) is 12.3 Å². The Morgan fingerprint density at radius 1 is 0.964 bits per heavy atom. The molecule has 0 aliphatic heterocycles. The molecule has 0 unspecified atom stereocenters. The largest absolute Gasteiger partial charge is 0.489 e. The topological polar surface area (TPSA) is 47.6 Å². The SMILES string of the molecule is Cc1ccc(C)c(O[C@@H](C)C(=O)Nc2ccc(OCc3ccccc3)cc2)c1. The molecule has 0 saturated carbocycles. The first-order valence-electron chi connectivity index (χ1n) is 9.33. The van der Waals surface area contributed by atoms with E-state index in [4.69, 9.17) is 9.47 Å². The van der Waals surface area contributed by atoms with Gasteiger partial charge in [-0.3, -0.25) is 4.79 Å². The van der Waals surface area contributed by atoms with Gasteiger partial charge in [0.2, 0.25) is 0 Å². The molecule has 4 nitrogen and oxygen atoms in total. The predicted octanol–water partition coefficient (Wildman–Crippen LogP) is 5.29. The Bertz CT molecular complexity index is 920. The molecule has 0 aliphatic rings. The van der Waals surface area contributed by atoms with Gasteiger partial charge in [0.1, 0.15) is 18.1 Å². The number of hydrogen-bond acceptors (Lipinski definition) is 3. The van der Waals surface area contributed by atoms with E-state index in [9.17, 15) is 4.79 Å². The minimum absolute atomic E-state index is 0.195. The first-order valence-corrected chi connectivity index (χ1v) is 9.33. The van der Waals surface area contributed by atoms with E-state index >= 15 is 0 Å². The molecule has 3 aromatic carbocycles. The van der Waals surface area contributed by atoms with Crippen molar-refractivity contribution in [2.24, 2.45) is 0 Å². The van der Waals surface area contributed by atoms with Gasteiger partial charge < -0.3 is 14.8 Å². The summed E-state index contributed by atoms with van der Waals surface area (Å²) in [5, 5.41) is 2.88. The molecule has 0 saturated heterocycles. The Balaban J connectivity index is 1.54. The smallest absolute Gasteiger partial charge is 0.265 e. The van der Waals surface area contributed by atoms with Gasteiger partial charge in [-0.1, -0.05) is 42.5 Å². The average Bonchev–Trinajstić information content (AvgIpc) is 2.71. The Labute approximate surface area is 166 Å². The highest BCUT2D eigenvalue weighted by Gasteiger charge is 2.16. The van der Waals surface area contributed by atoms with Gasteiger partial charge in [0.05, 0.1) is 0 Å². The molecule has 1 atom stereocenters. The van der Waals surface area contributed by atoms with E-state index in [1.807, 2.05) is 86.6 Å². The van der Waals surface area contributed by atoms with Gasteiger partial charge in [-0.05, 0) is 67.8 Å². The first kappa shape index (κ1) is 19.5. The van der Waals surface area contributed by atoms with Crippen LogP contribution in [0.25, 0.3) is 0 Å². The fraction of sp³-hybridized carbons (Fsp3) is 0.208. The van der Waals surface area contributed by atoms with Gasteiger partial charge in [0.15, 0.2) is 6.10 Å². The van der Waals surface area contributed by atoms with E-state index in [0.717, 1.165) is 28.2 Å². The molecule has 0 bridgehead atoms. The number of carbonyl (C=O) groups is 1. The highest BCUT2D eigenvalue weighted by Crippen LogP contribution is 2.21. The number of ether oxygens (including phenoxy) is 2. The number of carbonyl (C=O) groups excluding carboxylic acids is 1. The fourth-order valence-electron chi connectivity index (χ4n) is 2.70. The summed E-state index contributed by atoms with van der Waals surface area (Å²) < 4.78 is 11.6. The maximum absolute atomic E-state index is 12.4. The molecule has 0 radical (unpaired) electrons. The second-order valence-electron chi connectivity index (χ2n) is 6.82. The lowest BCUT2D eigenvalue weighted by molar-refractivity contribution is -0.122. The standard InChI is InChI=1S/C24H25NO3/c1-17-9-10-18(2)23(15-17)28-19(3)24(26)25-21-11-13-22(14-12-21)27-16-20-7-5-4-6-8-20/h4-15,19H,16H2,1-3H3,(H,25,26)/t19-/m0/s1. The van der Waals surface area contributed by atoms with Gasteiger partial charge in [-0.2, -0.15) is 0 Å². The van der Waals surface area contributed by atoms with Crippen LogP contribution in [0.3, 0.4) is 0 Å². The number of amides is 1. The fourth-order valence-corrected chi connectivity index (χ4v) is 2.70. The van der Waals surface area contributed by atoms with Gasteiger partial charge in [-0.25, -0.2) is 0 Å². The molecule has 4 heteroatoms. The van der Waals surface area contributed by atoms with E-state index in [1.165, 1.54) is 0 Å². The van der Waals surface area contributed by atoms with Gasteiger partial charge in [0, 0.05) is 5.69 Å². The molecule has 3 rings (SSSR count). The summed E-state index contributed by atoms with van der Waals surface area (Å²) in [7, 11) is 0. The predicted molar refractivity (Wildman–Crippen MR) is 112 cm³/mol. The number of nitrogens with one attached hydrogen (secondary N) is 1.